The average Bonchev–Trinajstić information content (AvgIpc) is 1.76. The highest BCUT2D eigenvalue weighted by Gasteiger charge is 2.16. The summed E-state index contributed by atoms with van der Waals surface area (Å²) in [6.45, 7) is 14.9. The molecule has 0 atom stereocenters. The van der Waals surface area contributed by atoms with Crippen molar-refractivity contribution in [2.75, 3.05) is 6.61 Å². The lowest BCUT2D eigenvalue weighted by Crippen LogP contribution is -2.26. The first-order chi connectivity index (χ1) is 5.21. The Hall–Kier alpha value is 0.394. The summed E-state index contributed by atoms with van der Waals surface area (Å²) in [5, 5.41) is 0. The number of rotatable bonds is 5. The first kappa shape index (κ1) is 12.4. The lowest BCUT2D eigenvalue weighted by atomic mass is 10.9. The Kier molecular flexibility index (Phi) is 4.73. The van der Waals surface area contributed by atoms with Crippen molar-refractivity contribution in [2.45, 2.75) is 45.3 Å². The summed E-state index contributed by atoms with van der Waals surface area (Å²) in [6.07, 6.45) is 2.09. The third-order valence-corrected chi connectivity index (χ3v) is 3.98. The summed E-state index contributed by atoms with van der Waals surface area (Å²) in [6, 6.07) is 1.27. The summed E-state index contributed by atoms with van der Waals surface area (Å²) < 4.78 is 5.55. The standard InChI is InChI=1S/C9H23OSi2/c1-11(2,3)8-7-10-9-12(4,5)6/h9H,7-8H2,1-6H3. The van der Waals surface area contributed by atoms with Gasteiger partial charge in [-0.2, -0.15) is 0 Å². The van der Waals surface area contributed by atoms with E-state index in [0.29, 0.717) is 0 Å². The van der Waals surface area contributed by atoms with E-state index >= 15 is 0 Å². The van der Waals surface area contributed by atoms with Crippen molar-refractivity contribution in [3.05, 3.63) is 6.23 Å². The van der Waals surface area contributed by atoms with Crippen LogP contribution in [0.4, 0.5) is 0 Å². The second kappa shape index (κ2) is 4.58. The fraction of sp³-hybridized carbons (Fsp3) is 0.889. The Morgan fingerprint density at radius 3 is 1.83 bits per heavy atom. The smallest absolute Gasteiger partial charge is 0.0815 e. The molecular formula is C9H23OSi2. The van der Waals surface area contributed by atoms with Crippen LogP contribution in [0.25, 0.3) is 0 Å². The molecule has 0 aliphatic rings. The van der Waals surface area contributed by atoms with Crippen LogP contribution in [0.15, 0.2) is 0 Å². The molecule has 0 heterocycles. The fourth-order valence-corrected chi connectivity index (χ4v) is 2.02. The average molecular weight is 203 g/mol. The summed E-state index contributed by atoms with van der Waals surface area (Å²) in [5.41, 5.74) is 0. The van der Waals surface area contributed by atoms with E-state index in [1.165, 1.54) is 6.04 Å². The van der Waals surface area contributed by atoms with E-state index in [0.717, 1.165) is 6.61 Å². The summed E-state index contributed by atoms with van der Waals surface area (Å²) in [7, 11) is -1.97. The maximum Gasteiger partial charge on any atom is 0.0815 e. The third-order valence-electron chi connectivity index (χ3n) is 1.41. The largest absolute Gasteiger partial charge is 0.380 e. The van der Waals surface area contributed by atoms with Crippen LogP contribution in [-0.4, -0.2) is 22.8 Å². The Bertz CT molecular complexity index is 105. The predicted octanol–water partition coefficient (Wildman–Crippen LogP) is 3.38. The van der Waals surface area contributed by atoms with E-state index < -0.39 is 16.1 Å². The first-order valence-electron chi connectivity index (χ1n) is 4.67. The van der Waals surface area contributed by atoms with Crippen LogP contribution in [0, 0.1) is 6.23 Å². The highest BCUT2D eigenvalue weighted by molar-refractivity contribution is 6.79. The maximum absolute atomic E-state index is 5.55. The normalized spacial score (nSPS) is 13.5. The summed E-state index contributed by atoms with van der Waals surface area (Å²) in [4.78, 5) is 0. The van der Waals surface area contributed by atoms with E-state index in [1.807, 2.05) is 0 Å². The monoisotopic (exact) mass is 203 g/mol. The molecule has 0 aromatic rings. The van der Waals surface area contributed by atoms with E-state index in [1.54, 1.807) is 0 Å². The lowest BCUT2D eigenvalue weighted by molar-refractivity contribution is 0.240. The summed E-state index contributed by atoms with van der Waals surface area (Å²) in [5.74, 6) is 0. The topological polar surface area (TPSA) is 9.23 Å². The molecule has 0 bridgehead atoms. The Labute approximate surface area is 79.5 Å². The molecule has 0 spiro atoms. The Morgan fingerprint density at radius 1 is 1.00 bits per heavy atom. The van der Waals surface area contributed by atoms with E-state index in [-0.39, 0.29) is 0 Å². The Morgan fingerprint density at radius 2 is 1.50 bits per heavy atom. The van der Waals surface area contributed by atoms with Crippen LogP contribution in [0.3, 0.4) is 0 Å². The van der Waals surface area contributed by atoms with Gasteiger partial charge in [-0.1, -0.05) is 39.3 Å². The zero-order chi connectivity index (χ0) is 9.83. The van der Waals surface area contributed by atoms with Gasteiger partial charge in [-0.15, -0.1) is 0 Å². The van der Waals surface area contributed by atoms with Gasteiger partial charge < -0.3 is 4.74 Å². The van der Waals surface area contributed by atoms with Crippen molar-refractivity contribution in [1.82, 2.24) is 0 Å². The molecule has 0 N–H and O–H groups in total. The lowest BCUT2D eigenvalue weighted by Gasteiger charge is -2.18. The van der Waals surface area contributed by atoms with Gasteiger partial charge in [-0.3, -0.25) is 0 Å². The zero-order valence-corrected chi connectivity index (χ0v) is 11.4. The van der Waals surface area contributed by atoms with Gasteiger partial charge in [0.05, 0.1) is 14.3 Å². The van der Waals surface area contributed by atoms with Crippen molar-refractivity contribution in [2.24, 2.45) is 0 Å². The molecule has 0 aromatic carbocycles. The molecule has 12 heavy (non-hydrogen) atoms. The quantitative estimate of drug-likeness (QED) is 0.492. The predicted molar refractivity (Wildman–Crippen MR) is 61.8 cm³/mol. The summed E-state index contributed by atoms with van der Waals surface area (Å²) >= 11 is 0. The van der Waals surface area contributed by atoms with Crippen molar-refractivity contribution < 1.29 is 4.74 Å². The number of hydrogen-bond donors (Lipinski definition) is 0. The second-order valence-corrected chi connectivity index (χ2v) is 16.3. The molecule has 3 heteroatoms. The van der Waals surface area contributed by atoms with Gasteiger partial charge in [-0.25, -0.2) is 0 Å². The molecular weight excluding hydrogens is 180 g/mol. The van der Waals surface area contributed by atoms with Gasteiger partial charge in [0.25, 0.3) is 0 Å². The van der Waals surface area contributed by atoms with Gasteiger partial charge in [0.1, 0.15) is 0 Å². The van der Waals surface area contributed by atoms with Crippen LogP contribution < -0.4 is 0 Å². The van der Waals surface area contributed by atoms with Crippen LogP contribution in [0.5, 0.6) is 0 Å². The molecule has 0 rings (SSSR count). The van der Waals surface area contributed by atoms with Gasteiger partial charge in [0.15, 0.2) is 0 Å². The van der Waals surface area contributed by atoms with Gasteiger partial charge in [0.2, 0.25) is 0 Å². The molecule has 0 aliphatic carbocycles. The zero-order valence-electron chi connectivity index (χ0n) is 9.40. The molecule has 1 nitrogen and oxygen atoms in total. The Balaban J connectivity index is 3.35. The van der Waals surface area contributed by atoms with Crippen molar-refractivity contribution in [1.29, 1.82) is 0 Å². The molecule has 0 saturated carbocycles. The number of ether oxygens (including phenoxy) is 1. The molecule has 0 amide bonds. The molecule has 0 aliphatic heterocycles. The molecule has 0 unspecified atom stereocenters. The fourth-order valence-electron chi connectivity index (χ4n) is 0.674. The van der Waals surface area contributed by atoms with E-state index in [2.05, 4.69) is 45.5 Å². The third kappa shape index (κ3) is 10.4. The van der Waals surface area contributed by atoms with E-state index in [9.17, 15) is 0 Å². The molecule has 0 saturated heterocycles. The van der Waals surface area contributed by atoms with Crippen molar-refractivity contribution >= 4 is 16.1 Å². The first-order valence-corrected chi connectivity index (χ1v) is 12.0. The minimum atomic E-state index is -1.09. The van der Waals surface area contributed by atoms with Crippen molar-refractivity contribution in [3.63, 3.8) is 0 Å². The SMILES string of the molecule is C[Si](C)(C)[CH]OCC[Si](C)(C)C. The molecule has 0 fully saturated rings. The van der Waals surface area contributed by atoms with Crippen LogP contribution in [-0.2, 0) is 4.74 Å². The minimum absolute atomic E-state index is 0.883. The highest BCUT2D eigenvalue weighted by atomic mass is 28.3. The van der Waals surface area contributed by atoms with Gasteiger partial charge in [0, 0.05) is 14.7 Å². The molecule has 73 valence electrons. The van der Waals surface area contributed by atoms with Crippen LogP contribution >= 0.6 is 0 Å². The highest BCUT2D eigenvalue weighted by Crippen LogP contribution is 2.10. The van der Waals surface area contributed by atoms with Crippen LogP contribution in [0.2, 0.25) is 45.3 Å². The van der Waals surface area contributed by atoms with Crippen LogP contribution in [0.1, 0.15) is 0 Å². The van der Waals surface area contributed by atoms with E-state index in [4.69, 9.17) is 4.74 Å². The number of hydrogen-bond acceptors (Lipinski definition) is 1. The van der Waals surface area contributed by atoms with Crippen molar-refractivity contribution in [3.8, 4) is 0 Å². The van der Waals surface area contributed by atoms with Gasteiger partial charge >= 0.3 is 0 Å². The second-order valence-electron chi connectivity index (χ2n) is 5.67. The molecule has 1 radical (unpaired) electrons. The minimum Gasteiger partial charge on any atom is -0.380 e. The van der Waals surface area contributed by atoms with Gasteiger partial charge in [-0.05, 0) is 6.04 Å². The maximum atomic E-state index is 5.55. The molecule has 0 aromatic heterocycles.